The average Bonchev–Trinajstić information content (AvgIpc) is 3.06. The van der Waals surface area contributed by atoms with Crippen molar-refractivity contribution < 1.29 is 4.42 Å². The molecule has 0 saturated heterocycles. The van der Waals surface area contributed by atoms with E-state index in [0.29, 0.717) is 12.1 Å². The fraction of sp³-hybridized carbons (Fsp3) is 0.294. The fourth-order valence-electron chi connectivity index (χ4n) is 2.51. The zero-order chi connectivity index (χ0) is 13.9. The summed E-state index contributed by atoms with van der Waals surface area (Å²) in [5, 5.41) is 4.98. The van der Waals surface area contributed by atoms with Crippen LogP contribution in [0.1, 0.15) is 30.5 Å². The summed E-state index contributed by atoms with van der Waals surface area (Å²) in [6.45, 7) is 4.43. The Balaban J connectivity index is 1.67. The number of hydrogen-bond acceptors (Lipinski definition) is 3. The molecule has 1 N–H and O–H groups in total. The highest BCUT2D eigenvalue weighted by Gasteiger charge is 2.13. The summed E-state index contributed by atoms with van der Waals surface area (Å²) in [6, 6.07) is 15.6. The maximum atomic E-state index is 5.40. The summed E-state index contributed by atoms with van der Waals surface area (Å²) >= 11 is 1.87. The topological polar surface area (TPSA) is 25.2 Å². The van der Waals surface area contributed by atoms with Gasteiger partial charge in [0.2, 0.25) is 0 Å². The Morgan fingerprint density at radius 1 is 1.15 bits per heavy atom. The minimum atomic E-state index is 0.359. The van der Waals surface area contributed by atoms with E-state index in [1.165, 1.54) is 15.0 Å². The highest BCUT2D eigenvalue weighted by molar-refractivity contribution is 7.19. The first-order valence-electron chi connectivity index (χ1n) is 6.99. The predicted octanol–water partition coefficient (Wildman–Crippen LogP) is 4.78. The van der Waals surface area contributed by atoms with Crippen LogP contribution in [0.4, 0.5) is 0 Å². The van der Waals surface area contributed by atoms with Crippen LogP contribution in [0.25, 0.3) is 10.1 Å². The average molecular weight is 285 g/mol. The molecule has 0 saturated carbocycles. The SMILES string of the molecule is CC(Cc1ccco1)NC(C)c1cc2ccccc2s1. The van der Waals surface area contributed by atoms with E-state index in [-0.39, 0.29) is 0 Å². The van der Waals surface area contributed by atoms with Crippen molar-refractivity contribution in [2.24, 2.45) is 0 Å². The van der Waals surface area contributed by atoms with Crippen molar-refractivity contribution in [2.75, 3.05) is 0 Å². The molecule has 0 fully saturated rings. The van der Waals surface area contributed by atoms with E-state index in [2.05, 4.69) is 49.5 Å². The van der Waals surface area contributed by atoms with Crippen LogP contribution in [0.3, 0.4) is 0 Å². The van der Waals surface area contributed by atoms with Crippen LogP contribution in [0, 0.1) is 0 Å². The summed E-state index contributed by atoms with van der Waals surface area (Å²) in [4.78, 5) is 1.39. The highest BCUT2D eigenvalue weighted by atomic mass is 32.1. The first-order valence-corrected chi connectivity index (χ1v) is 7.81. The number of fused-ring (bicyclic) bond motifs is 1. The molecule has 3 aromatic rings. The van der Waals surface area contributed by atoms with E-state index < -0.39 is 0 Å². The van der Waals surface area contributed by atoms with E-state index in [1.807, 2.05) is 23.5 Å². The maximum Gasteiger partial charge on any atom is 0.105 e. The number of benzene rings is 1. The van der Waals surface area contributed by atoms with E-state index in [0.717, 1.165) is 12.2 Å². The number of rotatable bonds is 5. The summed E-state index contributed by atoms with van der Waals surface area (Å²) < 4.78 is 6.76. The molecule has 2 nitrogen and oxygen atoms in total. The predicted molar refractivity (Wildman–Crippen MR) is 85.2 cm³/mol. The normalized spacial score (nSPS) is 14.5. The third-order valence-electron chi connectivity index (χ3n) is 3.49. The molecule has 2 heterocycles. The Bertz CT molecular complexity index is 638. The van der Waals surface area contributed by atoms with Crippen molar-refractivity contribution in [1.29, 1.82) is 0 Å². The molecular weight excluding hydrogens is 266 g/mol. The molecule has 2 unspecified atom stereocenters. The molecule has 1 aromatic carbocycles. The van der Waals surface area contributed by atoms with E-state index in [9.17, 15) is 0 Å². The Morgan fingerprint density at radius 3 is 2.75 bits per heavy atom. The van der Waals surface area contributed by atoms with Gasteiger partial charge in [0.05, 0.1) is 6.26 Å². The minimum Gasteiger partial charge on any atom is -0.469 e. The molecule has 0 bridgehead atoms. The van der Waals surface area contributed by atoms with Crippen LogP contribution in [0.15, 0.2) is 53.1 Å². The van der Waals surface area contributed by atoms with Crippen molar-refractivity contribution in [3.05, 3.63) is 59.4 Å². The van der Waals surface area contributed by atoms with Crippen molar-refractivity contribution in [3.63, 3.8) is 0 Å². The Labute approximate surface area is 123 Å². The molecule has 3 heteroatoms. The molecule has 3 rings (SSSR count). The molecule has 0 radical (unpaired) electrons. The zero-order valence-electron chi connectivity index (χ0n) is 11.8. The van der Waals surface area contributed by atoms with E-state index in [4.69, 9.17) is 4.42 Å². The van der Waals surface area contributed by atoms with Gasteiger partial charge < -0.3 is 9.73 Å². The van der Waals surface area contributed by atoms with Gasteiger partial charge in [0.25, 0.3) is 0 Å². The number of nitrogens with one attached hydrogen (secondary N) is 1. The molecule has 2 aromatic heterocycles. The lowest BCUT2D eigenvalue weighted by Crippen LogP contribution is -2.30. The lowest BCUT2D eigenvalue weighted by atomic mass is 10.1. The zero-order valence-corrected chi connectivity index (χ0v) is 12.6. The van der Waals surface area contributed by atoms with Gasteiger partial charge in [-0.3, -0.25) is 0 Å². The van der Waals surface area contributed by atoms with Gasteiger partial charge in [0.15, 0.2) is 0 Å². The van der Waals surface area contributed by atoms with Crippen molar-refractivity contribution in [3.8, 4) is 0 Å². The maximum absolute atomic E-state index is 5.40. The number of thiophene rings is 1. The molecule has 0 aliphatic carbocycles. The van der Waals surface area contributed by atoms with E-state index >= 15 is 0 Å². The summed E-state index contributed by atoms with van der Waals surface area (Å²) in [6.07, 6.45) is 2.65. The summed E-state index contributed by atoms with van der Waals surface area (Å²) in [7, 11) is 0. The third-order valence-corrected chi connectivity index (χ3v) is 4.79. The van der Waals surface area contributed by atoms with Crippen LogP contribution >= 0.6 is 11.3 Å². The van der Waals surface area contributed by atoms with Crippen LogP contribution < -0.4 is 5.32 Å². The van der Waals surface area contributed by atoms with E-state index in [1.54, 1.807) is 6.26 Å². The quantitative estimate of drug-likeness (QED) is 0.730. The van der Waals surface area contributed by atoms with Crippen LogP contribution in [0.2, 0.25) is 0 Å². The van der Waals surface area contributed by atoms with Gasteiger partial charge in [-0.1, -0.05) is 18.2 Å². The Kier molecular flexibility index (Phi) is 3.90. The standard InChI is InChI=1S/C17H19NOS/c1-12(10-15-7-5-9-19-15)18-13(2)17-11-14-6-3-4-8-16(14)20-17/h3-9,11-13,18H,10H2,1-2H3. The van der Waals surface area contributed by atoms with Crippen molar-refractivity contribution in [2.45, 2.75) is 32.4 Å². The Hall–Kier alpha value is -1.58. The lowest BCUT2D eigenvalue weighted by Gasteiger charge is -2.18. The molecule has 104 valence electrons. The van der Waals surface area contributed by atoms with Crippen LogP contribution in [-0.2, 0) is 6.42 Å². The van der Waals surface area contributed by atoms with Gasteiger partial charge in [-0.2, -0.15) is 0 Å². The van der Waals surface area contributed by atoms with Crippen molar-refractivity contribution in [1.82, 2.24) is 5.32 Å². The molecule has 20 heavy (non-hydrogen) atoms. The van der Waals surface area contributed by atoms with Gasteiger partial charge in [-0.25, -0.2) is 0 Å². The molecular formula is C17H19NOS. The molecule has 0 spiro atoms. The largest absolute Gasteiger partial charge is 0.469 e. The lowest BCUT2D eigenvalue weighted by molar-refractivity contribution is 0.431. The third kappa shape index (κ3) is 2.94. The number of hydrogen-bond donors (Lipinski definition) is 1. The van der Waals surface area contributed by atoms with Gasteiger partial charge >= 0.3 is 0 Å². The van der Waals surface area contributed by atoms with Gasteiger partial charge in [-0.05, 0) is 43.5 Å². The smallest absolute Gasteiger partial charge is 0.105 e. The van der Waals surface area contributed by atoms with Gasteiger partial charge in [-0.15, -0.1) is 11.3 Å². The van der Waals surface area contributed by atoms with Crippen molar-refractivity contribution >= 4 is 21.4 Å². The first-order chi connectivity index (χ1) is 9.72. The molecule has 0 amide bonds. The minimum absolute atomic E-state index is 0.359. The monoisotopic (exact) mass is 285 g/mol. The van der Waals surface area contributed by atoms with Crippen LogP contribution in [-0.4, -0.2) is 6.04 Å². The molecule has 0 aliphatic heterocycles. The fourth-order valence-corrected chi connectivity index (χ4v) is 3.59. The van der Waals surface area contributed by atoms with Gasteiger partial charge in [0, 0.05) is 28.1 Å². The second kappa shape index (κ2) is 5.81. The second-order valence-corrected chi connectivity index (χ2v) is 6.37. The summed E-state index contributed by atoms with van der Waals surface area (Å²) in [5.74, 6) is 1.04. The molecule has 0 aliphatic rings. The molecule has 2 atom stereocenters. The van der Waals surface area contributed by atoms with Gasteiger partial charge in [0.1, 0.15) is 5.76 Å². The Morgan fingerprint density at radius 2 is 2.00 bits per heavy atom. The highest BCUT2D eigenvalue weighted by Crippen LogP contribution is 2.29. The first kappa shape index (κ1) is 13.4. The second-order valence-electron chi connectivity index (χ2n) is 5.26. The summed E-state index contributed by atoms with van der Waals surface area (Å²) in [5.41, 5.74) is 0. The number of furan rings is 1. The van der Waals surface area contributed by atoms with Crippen LogP contribution in [0.5, 0.6) is 0 Å².